The molecule has 11 heteroatoms. The van der Waals surface area contributed by atoms with Crippen LogP contribution in [0.5, 0.6) is 0 Å². The Bertz CT molecular complexity index is 1140. The molecule has 2 heterocycles. The summed E-state index contributed by atoms with van der Waals surface area (Å²) in [5, 5.41) is 11.9. The summed E-state index contributed by atoms with van der Waals surface area (Å²) in [6.07, 6.45) is -5.08. The second-order valence-corrected chi connectivity index (χ2v) is 7.07. The number of hydrogen-bond donors (Lipinski definition) is 1. The van der Waals surface area contributed by atoms with Crippen molar-refractivity contribution < 1.29 is 32.4 Å². The van der Waals surface area contributed by atoms with Gasteiger partial charge in [-0.25, -0.2) is 4.79 Å². The van der Waals surface area contributed by atoms with Crippen LogP contribution >= 0.6 is 0 Å². The number of alkyl halides is 3. The van der Waals surface area contributed by atoms with E-state index in [0.717, 1.165) is 22.2 Å². The van der Waals surface area contributed by atoms with Crippen molar-refractivity contribution >= 4 is 22.8 Å². The molecule has 0 saturated heterocycles. The normalized spacial score (nSPS) is 11.1. The van der Waals surface area contributed by atoms with Gasteiger partial charge >= 0.3 is 12.1 Å². The van der Waals surface area contributed by atoms with E-state index >= 15 is 0 Å². The van der Waals surface area contributed by atoms with Crippen LogP contribution in [0.25, 0.3) is 10.9 Å². The Morgan fingerprint density at radius 2 is 1.75 bits per heavy atom. The number of hydrogen-bond acceptors (Lipinski definition) is 6. The van der Waals surface area contributed by atoms with Crippen molar-refractivity contribution in [2.24, 2.45) is 0 Å². The number of aliphatic carboxylic acids is 1. The third-order valence-electron chi connectivity index (χ3n) is 4.68. The van der Waals surface area contributed by atoms with Crippen LogP contribution in [0.2, 0.25) is 0 Å². The summed E-state index contributed by atoms with van der Waals surface area (Å²) >= 11 is 0. The van der Waals surface area contributed by atoms with Gasteiger partial charge in [0.05, 0.1) is 17.6 Å². The monoisotopic (exact) mass is 452 g/mol. The molecule has 0 aliphatic heterocycles. The Balaban J connectivity index is 0.000000451. The number of pyridine rings is 1. The number of fused-ring (bicyclic) bond motifs is 1. The fourth-order valence-corrected chi connectivity index (χ4v) is 2.91. The second-order valence-electron chi connectivity index (χ2n) is 7.07. The van der Waals surface area contributed by atoms with Gasteiger partial charge in [-0.15, -0.1) is 0 Å². The zero-order valence-electron chi connectivity index (χ0n) is 18.2. The van der Waals surface area contributed by atoms with Crippen LogP contribution in [-0.4, -0.2) is 49.7 Å². The van der Waals surface area contributed by atoms with E-state index in [1.807, 2.05) is 39.0 Å². The number of aromatic nitrogens is 3. The first-order chi connectivity index (χ1) is 14.8. The molecule has 1 N–H and O–H groups in total. The zero-order valence-corrected chi connectivity index (χ0v) is 18.2. The number of aryl methyl sites for hydroxylation is 4. The molecule has 0 atom stereocenters. The third-order valence-corrected chi connectivity index (χ3v) is 4.68. The molecule has 8 nitrogen and oxygen atoms in total. The van der Waals surface area contributed by atoms with Gasteiger partial charge in [0.2, 0.25) is 5.89 Å². The predicted octanol–water partition coefficient (Wildman–Crippen LogP) is 4.15. The largest absolute Gasteiger partial charge is 0.490 e. The number of nitrogens with zero attached hydrogens (tertiary/aromatic N) is 4. The molecule has 1 amide bonds. The van der Waals surface area contributed by atoms with Crippen LogP contribution in [0.3, 0.4) is 0 Å². The molecule has 0 saturated carbocycles. The van der Waals surface area contributed by atoms with Crippen LogP contribution in [0.4, 0.5) is 13.2 Å². The maximum Gasteiger partial charge on any atom is 0.490 e. The van der Waals surface area contributed by atoms with Gasteiger partial charge in [0, 0.05) is 24.5 Å². The van der Waals surface area contributed by atoms with Crippen molar-refractivity contribution in [2.75, 3.05) is 6.54 Å². The Morgan fingerprint density at radius 3 is 2.25 bits per heavy atom. The smallest absolute Gasteiger partial charge is 0.475 e. The third kappa shape index (κ3) is 5.80. The number of benzene rings is 1. The van der Waals surface area contributed by atoms with Gasteiger partial charge in [0.1, 0.15) is 0 Å². The minimum absolute atomic E-state index is 0.0521. The molecule has 0 bridgehead atoms. The van der Waals surface area contributed by atoms with Crippen molar-refractivity contribution in [3.05, 3.63) is 52.3 Å². The van der Waals surface area contributed by atoms with Gasteiger partial charge in [-0.05, 0) is 44.9 Å². The molecule has 2 aromatic heterocycles. The molecular weight excluding hydrogens is 429 g/mol. The fraction of sp³-hybridized carbons (Fsp3) is 0.381. The Morgan fingerprint density at radius 1 is 1.12 bits per heavy atom. The lowest BCUT2D eigenvalue weighted by Crippen LogP contribution is -2.31. The summed E-state index contributed by atoms with van der Waals surface area (Å²) in [4.78, 5) is 32.6. The Kier molecular flexibility index (Phi) is 7.55. The van der Waals surface area contributed by atoms with Crippen LogP contribution in [-0.2, 0) is 11.3 Å². The zero-order chi connectivity index (χ0) is 24.2. The number of rotatable bonds is 4. The number of carboxylic acids is 1. The van der Waals surface area contributed by atoms with Gasteiger partial charge < -0.3 is 14.5 Å². The van der Waals surface area contributed by atoms with Crippen molar-refractivity contribution in [3.8, 4) is 0 Å². The summed E-state index contributed by atoms with van der Waals surface area (Å²) in [7, 11) is 0. The summed E-state index contributed by atoms with van der Waals surface area (Å²) in [5.41, 5.74) is 4.64. The summed E-state index contributed by atoms with van der Waals surface area (Å²) in [6, 6.07) is 5.86. The highest BCUT2D eigenvalue weighted by Gasteiger charge is 2.38. The SMILES string of the molecule is CCN(Cc1noc(C)n1)C(=O)c1cc(C)nc2c(C)c(C)ccc12.O=C(O)C(F)(F)F. The lowest BCUT2D eigenvalue weighted by Gasteiger charge is -2.20. The molecule has 0 aliphatic carbocycles. The lowest BCUT2D eigenvalue weighted by molar-refractivity contribution is -0.192. The molecule has 0 radical (unpaired) electrons. The fourth-order valence-electron chi connectivity index (χ4n) is 2.91. The molecule has 0 spiro atoms. The highest BCUT2D eigenvalue weighted by atomic mass is 19.4. The molecule has 0 fully saturated rings. The summed E-state index contributed by atoms with van der Waals surface area (Å²) < 4.78 is 36.7. The van der Waals surface area contributed by atoms with Crippen LogP contribution in [0.1, 0.15) is 45.8 Å². The van der Waals surface area contributed by atoms with Crippen molar-refractivity contribution in [1.29, 1.82) is 0 Å². The first kappa shape index (κ1) is 24.8. The minimum atomic E-state index is -5.08. The Labute approximate surface area is 182 Å². The number of halogens is 3. The predicted molar refractivity (Wildman–Crippen MR) is 109 cm³/mol. The van der Waals surface area contributed by atoms with Gasteiger partial charge in [0.15, 0.2) is 5.82 Å². The topological polar surface area (TPSA) is 109 Å². The van der Waals surface area contributed by atoms with E-state index in [9.17, 15) is 18.0 Å². The molecule has 1 aromatic carbocycles. The molecule has 3 aromatic rings. The van der Waals surface area contributed by atoms with E-state index in [2.05, 4.69) is 22.0 Å². The molecule has 0 unspecified atom stereocenters. The summed E-state index contributed by atoms with van der Waals surface area (Å²) in [5.74, 6) is -1.80. The maximum absolute atomic E-state index is 13.2. The van der Waals surface area contributed by atoms with Gasteiger partial charge in [-0.2, -0.15) is 18.2 Å². The standard InChI is InChI=1S/C19H22N4O2.C2HF3O2/c1-6-23(10-17-21-14(5)25-22-17)19(24)16-9-12(3)20-18-13(4)11(2)7-8-15(16)18;3-2(4,5)1(6)7/h7-9H,6,10H2,1-5H3;(H,6,7). The van der Waals surface area contributed by atoms with Gasteiger partial charge in [0.25, 0.3) is 5.91 Å². The first-order valence-corrected chi connectivity index (χ1v) is 9.61. The molecule has 172 valence electrons. The van der Waals surface area contributed by atoms with E-state index in [0.29, 0.717) is 30.4 Å². The highest BCUT2D eigenvalue weighted by Crippen LogP contribution is 2.25. The van der Waals surface area contributed by atoms with E-state index in [1.165, 1.54) is 5.56 Å². The van der Waals surface area contributed by atoms with Gasteiger partial charge in [-0.3, -0.25) is 9.78 Å². The molecule has 0 aliphatic rings. The number of carboxylic acid groups (broad SMARTS) is 1. The molecule has 32 heavy (non-hydrogen) atoms. The minimum Gasteiger partial charge on any atom is -0.475 e. The van der Waals surface area contributed by atoms with E-state index in [1.54, 1.807) is 11.8 Å². The van der Waals surface area contributed by atoms with Crippen molar-refractivity contribution in [3.63, 3.8) is 0 Å². The number of carbonyl (C=O) groups excluding carboxylic acids is 1. The second kappa shape index (κ2) is 9.75. The van der Waals surface area contributed by atoms with E-state index in [4.69, 9.17) is 14.4 Å². The quantitative estimate of drug-likeness (QED) is 0.633. The van der Waals surface area contributed by atoms with Crippen molar-refractivity contribution in [1.82, 2.24) is 20.0 Å². The van der Waals surface area contributed by atoms with Gasteiger partial charge in [-0.1, -0.05) is 17.3 Å². The Hall–Kier alpha value is -3.50. The number of amides is 1. The lowest BCUT2D eigenvalue weighted by atomic mass is 10.00. The van der Waals surface area contributed by atoms with Crippen LogP contribution in [0.15, 0.2) is 22.7 Å². The highest BCUT2D eigenvalue weighted by molar-refractivity contribution is 6.07. The molecular formula is C21H23F3N4O4. The first-order valence-electron chi connectivity index (χ1n) is 9.61. The average molecular weight is 452 g/mol. The maximum atomic E-state index is 13.2. The summed E-state index contributed by atoms with van der Waals surface area (Å²) in [6.45, 7) is 10.6. The van der Waals surface area contributed by atoms with Crippen LogP contribution < -0.4 is 0 Å². The number of carbonyl (C=O) groups is 2. The average Bonchev–Trinajstić information content (AvgIpc) is 3.12. The van der Waals surface area contributed by atoms with Crippen LogP contribution in [0, 0.1) is 27.7 Å². The van der Waals surface area contributed by atoms with E-state index in [-0.39, 0.29) is 5.91 Å². The van der Waals surface area contributed by atoms with E-state index < -0.39 is 12.1 Å². The molecule has 3 rings (SSSR count). The van der Waals surface area contributed by atoms with Crippen molar-refractivity contribution in [2.45, 2.75) is 47.3 Å².